The normalized spacial score (nSPS) is 15.0. The summed E-state index contributed by atoms with van der Waals surface area (Å²) in [5.41, 5.74) is -0.167. The van der Waals surface area contributed by atoms with Gasteiger partial charge in [-0.2, -0.15) is 0 Å². The quantitative estimate of drug-likeness (QED) is 0.813. The van der Waals surface area contributed by atoms with Crippen molar-refractivity contribution in [3.05, 3.63) is 20.8 Å². The van der Waals surface area contributed by atoms with Gasteiger partial charge in [-0.3, -0.25) is 0 Å². The van der Waals surface area contributed by atoms with Crippen molar-refractivity contribution in [2.75, 3.05) is 20.3 Å². The lowest BCUT2D eigenvalue weighted by atomic mass is 9.99. The average Bonchev–Trinajstić information content (AvgIpc) is 2.62. The molecule has 1 aromatic rings. The lowest BCUT2D eigenvalue weighted by Gasteiger charge is -2.29. The molecule has 0 radical (unpaired) electrons. The Morgan fingerprint density at radius 1 is 1.62 bits per heavy atom. The summed E-state index contributed by atoms with van der Waals surface area (Å²) in [5, 5.41) is 14.5. The Kier molecular flexibility index (Phi) is 5.92. The Hall–Kier alpha value is 0.0600. The summed E-state index contributed by atoms with van der Waals surface area (Å²) in [5.74, 6) is 0. The topological polar surface area (TPSA) is 41.5 Å². The van der Waals surface area contributed by atoms with Gasteiger partial charge in [0, 0.05) is 40.5 Å². The van der Waals surface area contributed by atoms with E-state index in [9.17, 15) is 0 Å². The predicted octanol–water partition coefficient (Wildman–Crippen LogP) is 2.39. The summed E-state index contributed by atoms with van der Waals surface area (Å²) in [6.45, 7) is 3.63. The smallest absolute Gasteiger partial charge is 0.0642 e. The predicted molar refractivity (Wildman–Crippen MR) is 70.8 cm³/mol. The highest BCUT2D eigenvalue weighted by Gasteiger charge is 2.22. The molecule has 5 heteroatoms. The first-order valence-corrected chi connectivity index (χ1v) is 6.84. The molecule has 0 saturated carbocycles. The maximum atomic E-state index is 9.03. The van der Waals surface area contributed by atoms with Gasteiger partial charge in [-0.15, -0.1) is 11.3 Å². The Morgan fingerprint density at radius 2 is 2.38 bits per heavy atom. The van der Waals surface area contributed by atoms with E-state index in [1.54, 1.807) is 18.4 Å². The molecule has 1 atom stereocenters. The van der Waals surface area contributed by atoms with Crippen molar-refractivity contribution in [2.24, 2.45) is 0 Å². The van der Waals surface area contributed by atoms with Crippen LogP contribution < -0.4 is 5.32 Å². The number of halogens is 1. The van der Waals surface area contributed by atoms with Gasteiger partial charge >= 0.3 is 0 Å². The van der Waals surface area contributed by atoms with E-state index in [-0.39, 0.29) is 12.1 Å². The molecule has 92 valence electrons. The minimum Gasteiger partial charge on any atom is -0.396 e. The molecule has 1 heterocycles. The lowest BCUT2D eigenvalue weighted by molar-refractivity contribution is 0.0971. The number of aliphatic hydroxyl groups is 1. The van der Waals surface area contributed by atoms with E-state index in [4.69, 9.17) is 9.84 Å². The second kappa shape index (κ2) is 6.71. The van der Waals surface area contributed by atoms with Crippen LogP contribution in [-0.4, -0.2) is 31.0 Å². The fourth-order valence-corrected chi connectivity index (χ4v) is 2.91. The van der Waals surface area contributed by atoms with Crippen molar-refractivity contribution in [1.29, 1.82) is 0 Å². The molecule has 0 amide bonds. The van der Waals surface area contributed by atoms with Crippen LogP contribution in [0.5, 0.6) is 0 Å². The van der Waals surface area contributed by atoms with Crippen LogP contribution in [0.3, 0.4) is 0 Å². The standard InChI is InChI=1S/C11H18BrNO2S/c1-11(3-4-14,8-15-2)13-6-10-5-9(12)7-16-10/h5,7,13-14H,3-4,6,8H2,1-2H3. The lowest BCUT2D eigenvalue weighted by Crippen LogP contribution is -2.46. The Labute approximate surface area is 109 Å². The molecule has 0 aliphatic rings. The largest absolute Gasteiger partial charge is 0.396 e. The van der Waals surface area contributed by atoms with Crippen molar-refractivity contribution in [3.63, 3.8) is 0 Å². The molecule has 0 aromatic carbocycles. The maximum absolute atomic E-state index is 9.03. The van der Waals surface area contributed by atoms with Gasteiger partial charge in [0.2, 0.25) is 0 Å². The van der Waals surface area contributed by atoms with Gasteiger partial charge in [0.15, 0.2) is 0 Å². The number of nitrogens with one attached hydrogen (secondary N) is 1. The van der Waals surface area contributed by atoms with Gasteiger partial charge in [0.25, 0.3) is 0 Å². The van der Waals surface area contributed by atoms with Crippen molar-refractivity contribution in [3.8, 4) is 0 Å². The summed E-state index contributed by atoms with van der Waals surface area (Å²) < 4.78 is 6.29. The third-order valence-corrected chi connectivity index (χ3v) is 4.14. The van der Waals surface area contributed by atoms with E-state index >= 15 is 0 Å². The minimum atomic E-state index is -0.167. The van der Waals surface area contributed by atoms with E-state index < -0.39 is 0 Å². The molecule has 0 fully saturated rings. The van der Waals surface area contributed by atoms with Crippen molar-refractivity contribution in [1.82, 2.24) is 5.32 Å². The molecular weight excluding hydrogens is 290 g/mol. The molecule has 1 rings (SSSR count). The number of methoxy groups -OCH3 is 1. The van der Waals surface area contributed by atoms with Crippen LogP contribution in [0.1, 0.15) is 18.2 Å². The average molecular weight is 308 g/mol. The molecule has 1 unspecified atom stereocenters. The second-order valence-corrected chi connectivity index (χ2v) is 5.96. The van der Waals surface area contributed by atoms with E-state index in [2.05, 4.69) is 39.6 Å². The van der Waals surface area contributed by atoms with E-state index in [0.717, 1.165) is 11.0 Å². The van der Waals surface area contributed by atoms with Crippen LogP contribution >= 0.6 is 27.3 Å². The van der Waals surface area contributed by atoms with Gasteiger partial charge in [0.05, 0.1) is 6.61 Å². The highest BCUT2D eigenvalue weighted by molar-refractivity contribution is 9.10. The molecular formula is C11H18BrNO2S. The summed E-state index contributed by atoms with van der Waals surface area (Å²) >= 11 is 5.15. The number of ether oxygens (including phenoxy) is 1. The van der Waals surface area contributed by atoms with Gasteiger partial charge in [-0.05, 0) is 35.3 Å². The summed E-state index contributed by atoms with van der Waals surface area (Å²) in [7, 11) is 1.68. The zero-order chi connectivity index (χ0) is 12.0. The van der Waals surface area contributed by atoms with Gasteiger partial charge in [-0.25, -0.2) is 0 Å². The van der Waals surface area contributed by atoms with Crippen LogP contribution in [0.2, 0.25) is 0 Å². The van der Waals surface area contributed by atoms with Crippen LogP contribution in [0.4, 0.5) is 0 Å². The van der Waals surface area contributed by atoms with E-state index in [1.165, 1.54) is 4.88 Å². The van der Waals surface area contributed by atoms with Gasteiger partial charge < -0.3 is 15.2 Å². The molecule has 0 saturated heterocycles. The maximum Gasteiger partial charge on any atom is 0.0642 e. The van der Waals surface area contributed by atoms with Crippen LogP contribution in [0, 0.1) is 0 Å². The number of hydrogen-bond acceptors (Lipinski definition) is 4. The molecule has 0 aliphatic heterocycles. The van der Waals surface area contributed by atoms with Gasteiger partial charge in [0.1, 0.15) is 0 Å². The third kappa shape index (κ3) is 4.51. The molecule has 2 N–H and O–H groups in total. The van der Waals surface area contributed by atoms with Crippen LogP contribution in [0.15, 0.2) is 15.9 Å². The van der Waals surface area contributed by atoms with Crippen LogP contribution in [0.25, 0.3) is 0 Å². The summed E-state index contributed by atoms with van der Waals surface area (Å²) in [4.78, 5) is 1.27. The summed E-state index contributed by atoms with van der Waals surface area (Å²) in [6, 6.07) is 2.10. The zero-order valence-electron chi connectivity index (χ0n) is 9.62. The number of rotatable bonds is 7. The molecule has 0 spiro atoms. The number of thiophene rings is 1. The minimum absolute atomic E-state index is 0.167. The Balaban J connectivity index is 2.49. The Bertz CT molecular complexity index is 311. The van der Waals surface area contributed by atoms with Crippen molar-refractivity contribution >= 4 is 27.3 Å². The molecule has 0 bridgehead atoms. The fraction of sp³-hybridized carbons (Fsp3) is 0.636. The molecule has 0 aliphatic carbocycles. The summed E-state index contributed by atoms with van der Waals surface area (Å²) in [6.07, 6.45) is 0.688. The number of aliphatic hydroxyl groups excluding tert-OH is 1. The molecule has 3 nitrogen and oxygen atoms in total. The van der Waals surface area contributed by atoms with Crippen molar-refractivity contribution < 1.29 is 9.84 Å². The second-order valence-electron chi connectivity index (χ2n) is 4.05. The first-order chi connectivity index (χ1) is 7.59. The third-order valence-electron chi connectivity index (χ3n) is 2.44. The first kappa shape index (κ1) is 14.1. The monoisotopic (exact) mass is 307 g/mol. The van der Waals surface area contributed by atoms with Crippen molar-refractivity contribution in [2.45, 2.75) is 25.4 Å². The first-order valence-electron chi connectivity index (χ1n) is 5.17. The SMILES string of the molecule is COCC(C)(CCO)NCc1cc(Br)cs1. The zero-order valence-corrected chi connectivity index (χ0v) is 12.0. The Morgan fingerprint density at radius 3 is 2.88 bits per heavy atom. The highest BCUT2D eigenvalue weighted by atomic mass is 79.9. The fourth-order valence-electron chi connectivity index (χ4n) is 1.52. The molecule has 16 heavy (non-hydrogen) atoms. The highest BCUT2D eigenvalue weighted by Crippen LogP contribution is 2.20. The van der Waals surface area contributed by atoms with Gasteiger partial charge in [-0.1, -0.05) is 0 Å². The van der Waals surface area contributed by atoms with E-state index in [0.29, 0.717) is 13.0 Å². The van der Waals surface area contributed by atoms with Crippen LogP contribution in [-0.2, 0) is 11.3 Å². The number of hydrogen-bond donors (Lipinski definition) is 2. The molecule has 1 aromatic heterocycles. The van der Waals surface area contributed by atoms with E-state index in [1.807, 2.05) is 0 Å².